The molecule has 6 heteroatoms. The number of amides is 1. The van der Waals surface area contributed by atoms with Crippen molar-refractivity contribution in [2.75, 3.05) is 46.1 Å². The Balaban J connectivity index is 1.11. The van der Waals surface area contributed by atoms with Crippen LogP contribution < -0.4 is 9.47 Å². The summed E-state index contributed by atoms with van der Waals surface area (Å²) >= 11 is 0. The Labute approximate surface area is 190 Å². The second kappa shape index (κ2) is 9.51. The number of rotatable bonds is 5. The Morgan fingerprint density at radius 2 is 1.59 bits per heavy atom. The van der Waals surface area contributed by atoms with E-state index in [0.29, 0.717) is 6.79 Å². The lowest BCUT2D eigenvalue weighted by molar-refractivity contribution is 0.0628. The Bertz CT molecular complexity index is 938. The number of piperazine rings is 1. The van der Waals surface area contributed by atoms with E-state index in [1.54, 1.807) is 0 Å². The molecule has 0 radical (unpaired) electrons. The summed E-state index contributed by atoms with van der Waals surface area (Å²) in [5, 5.41) is 0. The molecule has 0 spiro atoms. The predicted octanol–water partition coefficient (Wildman–Crippen LogP) is 3.61. The van der Waals surface area contributed by atoms with Gasteiger partial charge in [0.2, 0.25) is 6.79 Å². The minimum Gasteiger partial charge on any atom is -0.454 e. The van der Waals surface area contributed by atoms with Crippen LogP contribution in [0.2, 0.25) is 0 Å². The van der Waals surface area contributed by atoms with Crippen LogP contribution in [0.4, 0.5) is 0 Å². The summed E-state index contributed by atoms with van der Waals surface area (Å²) in [6, 6.07) is 14.4. The second-order valence-electron chi connectivity index (χ2n) is 9.44. The predicted molar refractivity (Wildman–Crippen MR) is 124 cm³/mol. The van der Waals surface area contributed by atoms with Gasteiger partial charge < -0.3 is 14.4 Å². The van der Waals surface area contributed by atoms with Crippen molar-refractivity contribution < 1.29 is 14.3 Å². The molecule has 0 bridgehead atoms. The molecular weight excluding hydrogens is 402 g/mol. The third kappa shape index (κ3) is 4.92. The Kier molecular flexibility index (Phi) is 6.32. The quantitative estimate of drug-likeness (QED) is 0.718. The number of fused-ring (bicyclic) bond motifs is 1. The van der Waals surface area contributed by atoms with Gasteiger partial charge in [0.15, 0.2) is 11.5 Å². The number of carbonyl (C=O) groups is 1. The van der Waals surface area contributed by atoms with Gasteiger partial charge in [0.05, 0.1) is 0 Å². The molecule has 2 aromatic rings. The number of piperidine rings is 1. The van der Waals surface area contributed by atoms with E-state index in [1.165, 1.54) is 37.1 Å². The molecular formula is C26H33N3O3. The van der Waals surface area contributed by atoms with E-state index >= 15 is 0 Å². The first-order valence-electron chi connectivity index (χ1n) is 11.9. The van der Waals surface area contributed by atoms with Crippen LogP contribution in [-0.2, 0) is 13.1 Å². The average molecular weight is 436 g/mol. The zero-order valence-corrected chi connectivity index (χ0v) is 19.0. The number of nitrogens with zero attached hydrogens (tertiary/aromatic N) is 3. The lowest BCUT2D eigenvalue weighted by Crippen LogP contribution is -2.48. The molecule has 0 saturated carbocycles. The standard InChI is InChI=1S/C26H33N3O3/c1-20-3-2-10-28(16-20)17-21-4-7-23(8-5-21)26(30)29-13-11-27(12-14-29)18-22-6-9-24-25(15-22)32-19-31-24/h4-9,15,20H,2-3,10-14,16-19H2,1H3/t20-/m1/s1. The van der Waals surface area contributed by atoms with Gasteiger partial charge >= 0.3 is 0 Å². The van der Waals surface area contributed by atoms with Gasteiger partial charge in [-0.25, -0.2) is 0 Å². The summed E-state index contributed by atoms with van der Waals surface area (Å²) < 4.78 is 10.9. The molecule has 3 aliphatic heterocycles. The number of hydrogen-bond donors (Lipinski definition) is 0. The van der Waals surface area contributed by atoms with Crippen molar-refractivity contribution in [1.29, 1.82) is 0 Å². The fraction of sp³-hybridized carbons (Fsp3) is 0.500. The molecule has 2 aromatic carbocycles. The fourth-order valence-corrected chi connectivity index (χ4v) is 5.03. The zero-order valence-electron chi connectivity index (χ0n) is 19.0. The highest BCUT2D eigenvalue weighted by Crippen LogP contribution is 2.32. The lowest BCUT2D eigenvalue weighted by atomic mass is 9.99. The van der Waals surface area contributed by atoms with E-state index in [-0.39, 0.29) is 5.91 Å². The lowest BCUT2D eigenvalue weighted by Gasteiger charge is -2.35. The van der Waals surface area contributed by atoms with Crippen LogP contribution in [-0.4, -0.2) is 66.7 Å². The van der Waals surface area contributed by atoms with E-state index in [9.17, 15) is 4.79 Å². The minimum absolute atomic E-state index is 0.144. The van der Waals surface area contributed by atoms with Gasteiger partial charge in [-0.15, -0.1) is 0 Å². The topological polar surface area (TPSA) is 45.3 Å². The van der Waals surface area contributed by atoms with Gasteiger partial charge in [-0.1, -0.05) is 25.1 Å². The van der Waals surface area contributed by atoms with Crippen molar-refractivity contribution in [1.82, 2.24) is 14.7 Å². The van der Waals surface area contributed by atoms with Crippen LogP contribution in [0.15, 0.2) is 42.5 Å². The van der Waals surface area contributed by atoms with Crippen molar-refractivity contribution in [3.63, 3.8) is 0 Å². The summed E-state index contributed by atoms with van der Waals surface area (Å²) in [7, 11) is 0. The monoisotopic (exact) mass is 435 g/mol. The van der Waals surface area contributed by atoms with E-state index < -0.39 is 0 Å². The summed E-state index contributed by atoms with van der Waals surface area (Å²) in [5.41, 5.74) is 3.31. The molecule has 32 heavy (non-hydrogen) atoms. The van der Waals surface area contributed by atoms with Crippen molar-refractivity contribution in [2.45, 2.75) is 32.9 Å². The van der Waals surface area contributed by atoms with Gasteiger partial charge in [-0.2, -0.15) is 0 Å². The smallest absolute Gasteiger partial charge is 0.253 e. The van der Waals surface area contributed by atoms with E-state index in [4.69, 9.17) is 9.47 Å². The van der Waals surface area contributed by atoms with E-state index in [2.05, 4.69) is 41.0 Å². The van der Waals surface area contributed by atoms with Gasteiger partial charge in [0.25, 0.3) is 5.91 Å². The first kappa shape index (κ1) is 21.3. The molecule has 2 saturated heterocycles. The van der Waals surface area contributed by atoms with E-state index in [1.807, 2.05) is 23.1 Å². The zero-order chi connectivity index (χ0) is 21.9. The first-order valence-corrected chi connectivity index (χ1v) is 11.9. The Morgan fingerprint density at radius 1 is 0.875 bits per heavy atom. The van der Waals surface area contributed by atoms with Gasteiger partial charge in [-0.05, 0) is 60.7 Å². The molecule has 0 N–H and O–H groups in total. The highest BCUT2D eigenvalue weighted by Gasteiger charge is 2.23. The second-order valence-corrected chi connectivity index (χ2v) is 9.44. The molecule has 170 valence electrons. The molecule has 0 unspecified atom stereocenters. The minimum atomic E-state index is 0.144. The molecule has 0 aromatic heterocycles. The van der Waals surface area contributed by atoms with Crippen LogP contribution in [0.25, 0.3) is 0 Å². The number of hydrogen-bond acceptors (Lipinski definition) is 5. The van der Waals surface area contributed by atoms with Crippen LogP contribution in [0.1, 0.15) is 41.3 Å². The molecule has 6 nitrogen and oxygen atoms in total. The van der Waals surface area contributed by atoms with E-state index in [0.717, 1.165) is 62.2 Å². The van der Waals surface area contributed by atoms with Crippen molar-refractivity contribution >= 4 is 5.91 Å². The SMILES string of the molecule is C[C@@H]1CCCN(Cc2ccc(C(=O)N3CCN(Cc4ccc5c(c4)OCO5)CC3)cc2)C1. The van der Waals surface area contributed by atoms with Crippen LogP contribution in [0.3, 0.4) is 0 Å². The number of likely N-dealkylation sites (tertiary alicyclic amines) is 1. The van der Waals surface area contributed by atoms with Crippen molar-refractivity contribution in [3.05, 3.63) is 59.2 Å². The van der Waals surface area contributed by atoms with Crippen LogP contribution in [0.5, 0.6) is 11.5 Å². The summed E-state index contributed by atoms with van der Waals surface area (Å²) in [4.78, 5) is 19.9. The molecule has 3 heterocycles. The third-order valence-electron chi connectivity index (χ3n) is 6.85. The number of benzene rings is 2. The number of ether oxygens (including phenoxy) is 2. The highest BCUT2D eigenvalue weighted by atomic mass is 16.7. The Hall–Kier alpha value is -2.57. The highest BCUT2D eigenvalue weighted by molar-refractivity contribution is 5.94. The maximum Gasteiger partial charge on any atom is 0.253 e. The molecule has 1 atom stereocenters. The average Bonchev–Trinajstić information content (AvgIpc) is 3.28. The molecule has 1 amide bonds. The largest absolute Gasteiger partial charge is 0.454 e. The fourth-order valence-electron chi connectivity index (χ4n) is 5.03. The van der Waals surface area contributed by atoms with Crippen LogP contribution >= 0.6 is 0 Å². The van der Waals surface area contributed by atoms with Gasteiger partial charge in [0.1, 0.15) is 0 Å². The Morgan fingerprint density at radius 3 is 2.38 bits per heavy atom. The third-order valence-corrected chi connectivity index (χ3v) is 6.85. The maximum absolute atomic E-state index is 13.0. The first-order chi connectivity index (χ1) is 15.6. The molecule has 5 rings (SSSR count). The number of carbonyl (C=O) groups excluding carboxylic acids is 1. The molecule has 0 aliphatic carbocycles. The van der Waals surface area contributed by atoms with Gasteiger partial charge in [-0.3, -0.25) is 14.6 Å². The van der Waals surface area contributed by atoms with Crippen LogP contribution in [0, 0.1) is 5.92 Å². The maximum atomic E-state index is 13.0. The summed E-state index contributed by atoms with van der Waals surface area (Å²) in [5.74, 6) is 2.58. The van der Waals surface area contributed by atoms with Gasteiger partial charge in [0, 0.05) is 51.4 Å². The summed E-state index contributed by atoms with van der Waals surface area (Å²) in [6.07, 6.45) is 2.63. The molecule has 3 aliphatic rings. The van der Waals surface area contributed by atoms with Crippen molar-refractivity contribution in [2.24, 2.45) is 5.92 Å². The van der Waals surface area contributed by atoms with Crippen molar-refractivity contribution in [3.8, 4) is 11.5 Å². The molecule has 2 fully saturated rings. The normalized spacial score (nSPS) is 21.7. The summed E-state index contributed by atoms with van der Waals surface area (Å²) in [6.45, 7) is 10.1.